The van der Waals surface area contributed by atoms with E-state index in [4.69, 9.17) is 11.6 Å². The molecule has 1 aliphatic carbocycles. The normalized spacial score (nSPS) is 23.1. The Hall–Kier alpha value is -0.740. The van der Waals surface area contributed by atoms with Gasteiger partial charge < -0.3 is 10.4 Å². The third-order valence-electron chi connectivity index (χ3n) is 3.63. The van der Waals surface area contributed by atoms with E-state index in [0.717, 1.165) is 24.6 Å². The maximum absolute atomic E-state index is 12.2. The lowest BCUT2D eigenvalue weighted by Crippen LogP contribution is -2.42. The third-order valence-corrected chi connectivity index (χ3v) is 4.69. The minimum Gasteiger partial charge on any atom is -0.507 e. The molecule has 2 N–H and O–H groups in total. The van der Waals surface area contributed by atoms with Crippen molar-refractivity contribution in [3.8, 4) is 5.75 Å². The van der Waals surface area contributed by atoms with Crippen molar-refractivity contribution in [3.63, 3.8) is 0 Å². The second-order valence-electron chi connectivity index (χ2n) is 4.94. The number of phenols is 1. The van der Waals surface area contributed by atoms with Crippen LogP contribution in [0.25, 0.3) is 0 Å². The zero-order valence-electron chi connectivity index (χ0n) is 10.5. The van der Waals surface area contributed by atoms with Gasteiger partial charge >= 0.3 is 0 Å². The van der Waals surface area contributed by atoms with Crippen LogP contribution in [0.15, 0.2) is 18.2 Å². The van der Waals surface area contributed by atoms with Crippen LogP contribution in [0.4, 0.5) is 0 Å². The van der Waals surface area contributed by atoms with Gasteiger partial charge in [0.1, 0.15) is 5.75 Å². The van der Waals surface area contributed by atoms with Gasteiger partial charge in [0, 0.05) is 16.4 Å². The van der Waals surface area contributed by atoms with Gasteiger partial charge in [-0.2, -0.15) is 0 Å². The van der Waals surface area contributed by atoms with E-state index in [0.29, 0.717) is 10.9 Å². The average molecular weight is 347 g/mol. The molecule has 1 amide bonds. The Balaban J connectivity index is 2.07. The highest BCUT2D eigenvalue weighted by Gasteiger charge is 2.26. The molecular weight excluding hydrogens is 330 g/mol. The molecule has 3 nitrogen and oxygen atoms in total. The second kappa shape index (κ2) is 6.62. The van der Waals surface area contributed by atoms with Crippen LogP contribution in [0.1, 0.15) is 36.0 Å². The molecule has 1 saturated carbocycles. The van der Waals surface area contributed by atoms with Crippen molar-refractivity contribution in [1.29, 1.82) is 0 Å². The summed E-state index contributed by atoms with van der Waals surface area (Å²) in [5.41, 5.74) is 0.281. The molecule has 0 spiro atoms. The SMILES string of the molecule is O=C(NC1CCCCC1CBr)c1ccc(Cl)cc1O. The fourth-order valence-electron chi connectivity index (χ4n) is 2.53. The Labute approximate surface area is 126 Å². The lowest BCUT2D eigenvalue weighted by molar-refractivity contribution is 0.0909. The molecule has 5 heteroatoms. The van der Waals surface area contributed by atoms with E-state index in [1.165, 1.54) is 12.5 Å². The van der Waals surface area contributed by atoms with E-state index in [-0.39, 0.29) is 23.3 Å². The Bertz CT molecular complexity index is 467. The van der Waals surface area contributed by atoms with Gasteiger partial charge in [-0.15, -0.1) is 0 Å². The van der Waals surface area contributed by atoms with Crippen molar-refractivity contribution in [1.82, 2.24) is 5.32 Å². The van der Waals surface area contributed by atoms with Crippen LogP contribution in [-0.4, -0.2) is 22.4 Å². The van der Waals surface area contributed by atoms with E-state index in [2.05, 4.69) is 21.2 Å². The van der Waals surface area contributed by atoms with Crippen LogP contribution in [0.2, 0.25) is 5.02 Å². The second-order valence-corrected chi connectivity index (χ2v) is 6.02. The van der Waals surface area contributed by atoms with Gasteiger partial charge in [0.15, 0.2) is 0 Å². The van der Waals surface area contributed by atoms with Crippen LogP contribution >= 0.6 is 27.5 Å². The molecule has 2 atom stereocenters. The fourth-order valence-corrected chi connectivity index (χ4v) is 3.47. The molecule has 104 valence electrons. The molecule has 1 fully saturated rings. The minimum absolute atomic E-state index is 0.0730. The van der Waals surface area contributed by atoms with Gasteiger partial charge in [-0.3, -0.25) is 4.79 Å². The van der Waals surface area contributed by atoms with Crippen molar-refractivity contribution >= 4 is 33.4 Å². The van der Waals surface area contributed by atoms with E-state index >= 15 is 0 Å². The third kappa shape index (κ3) is 3.63. The number of carbonyl (C=O) groups excluding carboxylic acids is 1. The number of nitrogens with one attached hydrogen (secondary N) is 1. The van der Waals surface area contributed by atoms with Crippen molar-refractivity contribution < 1.29 is 9.90 Å². The zero-order valence-corrected chi connectivity index (χ0v) is 12.9. The summed E-state index contributed by atoms with van der Waals surface area (Å²) in [5, 5.41) is 14.1. The highest BCUT2D eigenvalue weighted by Crippen LogP contribution is 2.27. The van der Waals surface area contributed by atoms with Crippen LogP contribution < -0.4 is 5.32 Å². The average Bonchev–Trinajstić information content (AvgIpc) is 2.39. The molecule has 0 aliphatic heterocycles. The molecule has 19 heavy (non-hydrogen) atoms. The quantitative estimate of drug-likeness (QED) is 0.819. The summed E-state index contributed by atoms with van der Waals surface area (Å²) < 4.78 is 0. The number of halogens is 2. The molecule has 0 heterocycles. The van der Waals surface area contributed by atoms with Crippen LogP contribution in [-0.2, 0) is 0 Å². The number of carbonyl (C=O) groups is 1. The molecule has 2 unspecified atom stereocenters. The lowest BCUT2D eigenvalue weighted by atomic mass is 9.86. The van der Waals surface area contributed by atoms with Gasteiger partial charge in [0.2, 0.25) is 0 Å². The number of benzene rings is 1. The standard InChI is InChI=1S/C14H17BrClNO2/c15-8-9-3-1-2-4-12(9)17-14(19)11-6-5-10(16)7-13(11)18/h5-7,9,12,18H,1-4,8H2,(H,17,19). The molecule has 0 radical (unpaired) electrons. The summed E-state index contributed by atoms with van der Waals surface area (Å²) in [6.07, 6.45) is 4.48. The first-order valence-electron chi connectivity index (χ1n) is 6.47. The number of amides is 1. The maximum Gasteiger partial charge on any atom is 0.255 e. The van der Waals surface area contributed by atoms with Crippen molar-refractivity contribution in [2.75, 3.05) is 5.33 Å². The zero-order chi connectivity index (χ0) is 13.8. The molecule has 0 bridgehead atoms. The summed E-state index contributed by atoms with van der Waals surface area (Å²) >= 11 is 9.26. The first-order chi connectivity index (χ1) is 9.11. The smallest absolute Gasteiger partial charge is 0.255 e. The van der Waals surface area contributed by atoms with E-state index in [1.54, 1.807) is 12.1 Å². The topological polar surface area (TPSA) is 49.3 Å². The summed E-state index contributed by atoms with van der Waals surface area (Å²) in [4.78, 5) is 12.2. The predicted octanol–water partition coefficient (Wildman–Crippen LogP) is 3.73. The molecule has 2 rings (SSSR count). The lowest BCUT2D eigenvalue weighted by Gasteiger charge is -2.31. The predicted molar refractivity (Wildman–Crippen MR) is 80.1 cm³/mol. The number of hydrogen-bond donors (Lipinski definition) is 2. The van der Waals surface area contributed by atoms with E-state index in [1.807, 2.05) is 0 Å². The highest BCUT2D eigenvalue weighted by molar-refractivity contribution is 9.09. The van der Waals surface area contributed by atoms with Crippen LogP contribution in [0.5, 0.6) is 5.75 Å². The van der Waals surface area contributed by atoms with E-state index < -0.39 is 0 Å². The van der Waals surface area contributed by atoms with Crippen LogP contribution in [0, 0.1) is 5.92 Å². The van der Waals surface area contributed by atoms with Gasteiger partial charge in [-0.25, -0.2) is 0 Å². The molecule has 0 saturated heterocycles. The van der Waals surface area contributed by atoms with Crippen LogP contribution in [0.3, 0.4) is 0 Å². The number of alkyl halides is 1. The fraction of sp³-hybridized carbons (Fsp3) is 0.500. The number of aromatic hydroxyl groups is 1. The largest absolute Gasteiger partial charge is 0.507 e. The summed E-state index contributed by atoms with van der Waals surface area (Å²) in [6, 6.07) is 4.73. The Kier molecular flexibility index (Phi) is 5.11. The number of hydrogen-bond acceptors (Lipinski definition) is 2. The van der Waals surface area contributed by atoms with Gasteiger partial charge in [-0.05, 0) is 37.0 Å². The number of phenolic OH excluding ortho intramolecular Hbond substituents is 1. The summed E-state index contributed by atoms with van der Waals surface area (Å²) in [6.45, 7) is 0. The molecular formula is C14H17BrClNO2. The molecule has 1 aromatic rings. The maximum atomic E-state index is 12.2. The minimum atomic E-state index is -0.230. The first kappa shape index (κ1) is 14.7. The van der Waals surface area contributed by atoms with Crippen molar-refractivity contribution in [2.45, 2.75) is 31.7 Å². The van der Waals surface area contributed by atoms with Gasteiger partial charge in [0.25, 0.3) is 5.91 Å². The first-order valence-corrected chi connectivity index (χ1v) is 7.97. The van der Waals surface area contributed by atoms with Crippen molar-refractivity contribution in [3.05, 3.63) is 28.8 Å². The van der Waals surface area contributed by atoms with E-state index in [9.17, 15) is 9.90 Å². The highest BCUT2D eigenvalue weighted by atomic mass is 79.9. The summed E-state index contributed by atoms with van der Waals surface area (Å²) in [7, 11) is 0. The molecule has 1 aliphatic rings. The molecule has 0 aromatic heterocycles. The van der Waals surface area contributed by atoms with Crippen molar-refractivity contribution in [2.24, 2.45) is 5.92 Å². The molecule has 1 aromatic carbocycles. The number of rotatable bonds is 3. The Morgan fingerprint density at radius 1 is 1.42 bits per heavy atom. The summed E-state index contributed by atoms with van der Waals surface area (Å²) in [5.74, 6) is 0.162. The van der Waals surface area contributed by atoms with Gasteiger partial charge in [-0.1, -0.05) is 40.4 Å². The van der Waals surface area contributed by atoms with Gasteiger partial charge in [0.05, 0.1) is 5.56 Å². The Morgan fingerprint density at radius 3 is 2.84 bits per heavy atom. The monoisotopic (exact) mass is 345 g/mol. The Morgan fingerprint density at radius 2 is 2.16 bits per heavy atom.